The number of carbonyl (C=O) groups is 2. The number of aromatic nitrogens is 1. The molecular formula is C32H35N5O4. The van der Waals surface area contributed by atoms with E-state index in [0.29, 0.717) is 22.9 Å². The summed E-state index contributed by atoms with van der Waals surface area (Å²) in [6, 6.07) is 17.1. The van der Waals surface area contributed by atoms with E-state index in [9.17, 15) is 9.59 Å². The van der Waals surface area contributed by atoms with Gasteiger partial charge in [0.05, 0.1) is 11.2 Å². The first-order chi connectivity index (χ1) is 19.7. The Morgan fingerprint density at radius 3 is 2.54 bits per heavy atom. The van der Waals surface area contributed by atoms with Gasteiger partial charge in [0, 0.05) is 51.1 Å². The topological polar surface area (TPSA) is 87.2 Å². The van der Waals surface area contributed by atoms with E-state index in [0.717, 1.165) is 31.7 Å². The van der Waals surface area contributed by atoms with Crippen molar-refractivity contribution in [2.24, 2.45) is 0 Å². The molecule has 3 aromatic rings. The lowest BCUT2D eigenvalue weighted by Gasteiger charge is -2.40. The van der Waals surface area contributed by atoms with E-state index in [1.54, 1.807) is 13.1 Å². The highest BCUT2D eigenvalue weighted by atomic mass is 16.5. The van der Waals surface area contributed by atoms with Gasteiger partial charge in [0.2, 0.25) is 0 Å². The Hall–Kier alpha value is -4.39. The second kappa shape index (κ2) is 12.0. The summed E-state index contributed by atoms with van der Waals surface area (Å²) < 4.78 is 11.9. The molecule has 2 aliphatic heterocycles. The Morgan fingerprint density at radius 2 is 1.78 bits per heavy atom. The molecule has 0 bridgehead atoms. The molecule has 2 aromatic carbocycles. The molecule has 1 saturated heterocycles. The zero-order valence-electron chi connectivity index (χ0n) is 23.9. The Labute approximate surface area is 241 Å². The smallest absolute Gasteiger partial charge is 0.270 e. The Kier molecular flexibility index (Phi) is 8.24. The zero-order chi connectivity index (χ0) is 29.0. The van der Waals surface area contributed by atoms with Crippen molar-refractivity contribution >= 4 is 17.5 Å². The fraction of sp³-hybridized carbons (Fsp3) is 0.344. The lowest BCUT2D eigenvalue weighted by atomic mass is 10.0. The van der Waals surface area contributed by atoms with E-state index >= 15 is 0 Å². The van der Waals surface area contributed by atoms with Crippen LogP contribution < -0.4 is 19.7 Å². The van der Waals surface area contributed by atoms with Crippen LogP contribution in [0.2, 0.25) is 0 Å². The molecule has 41 heavy (non-hydrogen) atoms. The van der Waals surface area contributed by atoms with Crippen molar-refractivity contribution in [2.45, 2.75) is 25.4 Å². The third-order valence-electron chi connectivity index (χ3n) is 7.41. The Balaban J connectivity index is 1.26. The predicted octanol–water partition coefficient (Wildman–Crippen LogP) is 3.41. The number of amides is 2. The summed E-state index contributed by atoms with van der Waals surface area (Å²) in [5.41, 5.74) is 1.28. The van der Waals surface area contributed by atoms with E-state index in [2.05, 4.69) is 52.8 Å². The number of likely N-dealkylation sites (N-methyl/N-ethyl adjacent to an activating group) is 2. The zero-order valence-corrected chi connectivity index (χ0v) is 23.9. The van der Waals surface area contributed by atoms with Crippen molar-refractivity contribution in [3.05, 3.63) is 78.1 Å². The van der Waals surface area contributed by atoms with Gasteiger partial charge in [0.25, 0.3) is 11.8 Å². The average Bonchev–Trinajstić information content (AvgIpc) is 3.09. The van der Waals surface area contributed by atoms with Gasteiger partial charge in [-0.25, -0.2) is 0 Å². The van der Waals surface area contributed by atoms with Gasteiger partial charge in [-0.05, 0) is 57.3 Å². The largest absolute Gasteiger partial charge is 0.489 e. The van der Waals surface area contributed by atoms with Crippen LogP contribution in [0.15, 0.2) is 66.9 Å². The van der Waals surface area contributed by atoms with Crippen molar-refractivity contribution < 1.29 is 19.1 Å². The van der Waals surface area contributed by atoms with Crippen LogP contribution in [0, 0.1) is 11.8 Å². The van der Waals surface area contributed by atoms with Gasteiger partial charge in [-0.2, -0.15) is 0 Å². The summed E-state index contributed by atoms with van der Waals surface area (Å²) in [5.74, 6) is 7.58. The molecule has 3 heterocycles. The molecule has 0 saturated carbocycles. The summed E-state index contributed by atoms with van der Waals surface area (Å²) >= 11 is 0. The van der Waals surface area contributed by atoms with Crippen LogP contribution in [0.1, 0.15) is 29.9 Å². The molecule has 212 valence electrons. The highest BCUT2D eigenvalue weighted by Gasteiger charge is 2.31. The molecule has 1 atom stereocenters. The molecule has 0 spiro atoms. The van der Waals surface area contributed by atoms with Crippen molar-refractivity contribution in [2.75, 3.05) is 51.8 Å². The van der Waals surface area contributed by atoms with Gasteiger partial charge in [-0.1, -0.05) is 30.0 Å². The lowest BCUT2D eigenvalue weighted by Crippen LogP contribution is -2.53. The summed E-state index contributed by atoms with van der Waals surface area (Å²) in [6.07, 6.45) is 1.49. The summed E-state index contributed by atoms with van der Waals surface area (Å²) in [5, 5.41) is 2.77. The first-order valence-corrected chi connectivity index (χ1v) is 13.7. The average molecular weight is 554 g/mol. The van der Waals surface area contributed by atoms with Gasteiger partial charge in [0.1, 0.15) is 35.6 Å². The third kappa shape index (κ3) is 6.68. The standard InChI is InChI=1S/C32H35N5O4/c1-32(2,37-18-16-35(3)17-19-37)14-12-23-10-11-28-29(20-23)40-22-27(31(39)36(28)4)34-30(38)26-21-25(13-15-33-26)41-24-8-6-5-7-9-24/h5-11,13,15,20-21,27H,16-19,22H2,1-4H3,(H,34,38)/t27-/m1/s1. The molecule has 1 fully saturated rings. The summed E-state index contributed by atoms with van der Waals surface area (Å²) in [7, 11) is 3.81. The quantitative estimate of drug-likeness (QED) is 0.485. The maximum atomic E-state index is 13.3. The molecular weight excluding hydrogens is 518 g/mol. The number of benzene rings is 2. The summed E-state index contributed by atoms with van der Waals surface area (Å²) in [6.45, 7) is 8.27. The minimum absolute atomic E-state index is 0.0220. The van der Waals surface area contributed by atoms with Crippen LogP contribution in [0.3, 0.4) is 0 Å². The number of anilines is 1. The van der Waals surface area contributed by atoms with E-state index in [-0.39, 0.29) is 23.7 Å². The molecule has 0 unspecified atom stereocenters. The maximum absolute atomic E-state index is 13.3. The van der Waals surface area contributed by atoms with Gasteiger partial charge in [0.15, 0.2) is 0 Å². The van der Waals surface area contributed by atoms with E-state index in [1.165, 1.54) is 17.2 Å². The third-order valence-corrected chi connectivity index (χ3v) is 7.41. The number of hydrogen-bond donors (Lipinski definition) is 1. The number of hydrogen-bond acceptors (Lipinski definition) is 7. The van der Waals surface area contributed by atoms with Crippen LogP contribution in [0.5, 0.6) is 17.2 Å². The molecule has 5 rings (SSSR count). The molecule has 9 heteroatoms. The molecule has 0 aliphatic carbocycles. The monoisotopic (exact) mass is 553 g/mol. The van der Waals surface area contributed by atoms with Crippen molar-refractivity contribution in [1.29, 1.82) is 0 Å². The van der Waals surface area contributed by atoms with E-state index in [4.69, 9.17) is 9.47 Å². The normalized spacial score (nSPS) is 17.9. The number of rotatable bonds is 5. The maximum Gasteiger partial charge on any atom is 0.270 e. The van der Waals surface area contributed by atoms with Gasteiger partial charge < -0.3 is 24.6 Å². The van der Waals surface area contributed by atoms with Crippen LogP contribution in [0.25, 0.3) is 0 Å². The van der Waals surface area contributed by atoms with Crippen LogP contribution in [0.4, 0.5) is 5.69 Å². The number of carbonyl (C=O) groups excluding carboxylic acids is 2. The number of piperazine rings is 1. The van der Waals surface area contributed by atoms with Gasteiger partial charge in [-0.3, -0.25) is 19.5 Å². The van der Waals surface area contributed by atoms with Crippen molar-refractivity contribution in [3.8, 4) is 29.1 Å². The minimum Gasteiger partial charge on any atom is -0.489 e. The van der Waals surface area contributed by atoms with E-state index in [1.807, 2.05) is 48.5 Å². The number of fused-ring (bicyclic) bond motifs is 1. The Morgan fingerprint density at radius 1 is 1.02 bits per heavy atom. The van der Waals surface area contributed by atoms with Crippen LogP contribution in [-0.4, -0.2) is 85.1 Å². The highest BCUT2D eigenvalue weighted by Crippen LogP contribution is 2.32. The number of ether oxygens (including phenoxy) is 2. The molecule has 1 aromatic heterocycles. The number of pyridine rings is 1. The fourth-order valence-corrected chi connectivity index (χ4v) is 4.81. The molecule has 2 aliphatic rings. The predicted molar refractivity (Wildman–Crippen MR) is 157 cm³/mol. The Bertz CT molecular complexity index is 1470. The molecule has 2 amide bonds. The van der Waals surface area contributed by atoms with E-state index < -0.39 is 11.9 Å². The molecule has 1 N–H and O–H groups in total. The number of para-hydroxylation sites is 1. The number of nitrogens with zero attached hydrogens (tertiary/aromatic N) is 4. The van der Waals surface area contributed by atoms with Crippen LogP contribution >= 0.6 is 0 Å². The SMILES string of the molecule is CN1CCN(C(C)(C)C#Cc2ccc3c(c2)OC[C@@H](NC(=O)c2cc(Oc4ccccc4)ccn2)C(=O)N3C)CC1. The minimum atomic E-state index is -0.897. The second-order valence-corrected chi connectivity index (χ2v) is 10.8. The van der Waals surface area contributed by atoms with Gasteiger partial charge >= 0.3 is 0 Å². The molecule has 0 radical (unpaired) electrons. The van der Waals surface area contributed by atoms with Gasteiger partial charge in [-0.15, -0.1) is 0 Å². The lowest BCUT2D eigenvalue weighted by molar-refractivity contribution is -0.120. The molecule has 9 nitrogen and oxygen atoms in total. The highest BCUT2D eigenvalue weighted by molar-refractivity contribution is 6.03. The summed E-state index contributed by atoms with van der Waals surface area (Å²) in [4.78, 5) is 36.7. The van der Waals surface area contributed by atoms with Crippen molar-refractivity contribution in [3.63, 3.8) is 0 Å². The van der Waals surface area contributed by atoms with Crippen LogP contribution in [-0.2, 0) is 4.79 Å². The number of nitrogens with one attached hydrogen (secondary N) is 1. The first kappa shape index (κ1) is 28.1. The fourth-order valence-electron chi connectivity index (χ4n) is 4.81. The second-order valence-electron chi connectivity index (χ2n) is 10.8. The first-order valence-electron chi connectivity index (χ1n) is 13.7. The van der Waals surface area contributed by atoms with Crippen molar-refractivity contribution in [1.82, 2.24) is 20.1 Å².